The van der Waals surface area contributed by atoms with E-state index < -0.39 is 69.7 Å². The molecule has 3 aliphatic carbocycles. The summed E-state index contributed by atoms with van der Waals surface area (Å²) < 4.78 is 0. The smallest absolute Gasteiger partial charge is 0.255 e. The Hall–Kier alpha value is -4.07. The van der Waals surface area contributed by atoms with Gasteiger partial charge in [-0.1, -0.05) is 30.3 Å². The highest BCUT2D eigenvalue weighted by molar-refractivity contribution is 6.24. The average molecular weight is 619 g/mol. The first-order valence-electron chi connectivity index (χ1n) is 14.9. The number of likely N-dealkylation sites (N-methyl/N-ethyl adjacent to an activating group) is 2. The number of nitrogens with two attached hydrogens (primary N) is 1. The van der Waals surface area contributed by atoms with Gasteiger partial charge in [0.15, 0.2) is 11.4 Å². The van der Waals surface area contributed by atoms with Crippen LogP contribution in [0.2, 0.25) is 0 Å². The molecule has 0 bridgehead atoms. The van der Waals surface area contributed by atoms with Crippen LogP contribution in [0.25, 0.3) is 16.9 Å². The summed E-state index contributed by atoms with van der Waals surface area (Å²) >= 11 is 0. The number of carbonyl (C=O) groups is 3. The van der Waals surface area contributed by atoms with Gasteiger partial charge in [-0.05, 0) is 50.3 Å². The van der Waals surface area contributed by atoms with E-state index in [1.54, 1.807) is 12.1 Å². The number of aliphatic hydroxyl groups excluding tert-OH is 3. The zero-order valence-electron chi connectivity index (χ0n) is 25.4. The lowest BCUT2D eigenvalue weighted by Gasteiger charge is -2.52. The van der Waals surface area contributed by atoms with E-state index >= 15 is 0 Å². The molecule has 6 rings (SSSR count). The van der Waals surface area contributed by atoms with Gasteiger partial charge in [0.1, 0.15) is 22.8 Å². The molecule has 45 heavy (non-hydrogen) atoms. The van der Waals surface area contributed by atoms with Gasteiger partial charge in [-0.25, -0.2) is 0 Å². The minimum Gasteiger partial charge on any atom is -0.508 e. The Morgan fingerprint density at radius 1 is 1.07 bits per heavy atom. The topological polar surface area (TPSA) is 188 Å². The normalized spacial score (nSPS) is 29.1. The van der Waals surface area contributed by atoms with Gasteiger partial charge in [-0.3, -0.25) is 24.2 Å². The van der Waals surface area contributed by atoms with Gasteiger partial charge < -0.3 is 36.2 Å². The molecule has 1 heterocycles. The molecule has 1 saturated heterocycles. The third kappa shape index (κ3) is 4.67. The number of phenols is 1. The molecule has 1 saturated carbocycles. The highest BCUT2D eigenvalue weighted by Gasteiger charge is 2.67. The molecule has 0 aromatic heterocycles. The monoisotopic (exact) mass is 618 g/mol. The summed E-state index contributed by atoms with van der Waals surface area (Å²) in [7, 11) is 5.04. The van der Waals surface area contributed by atoms with Crippen LogP contribution in [0.3, 0.4) is 0 Å². The minimum absolute atomic E-state index is 0.00695. The van der Waals surface area contributed by atoms with E-state index in [0.717, 1.165) is 38.3 Å². The summed E-state index contributed by atoms with van der Waals surface area (Å²) in [6.07, 6.45) is -1.62. The van der Waals surface area contributed by atoms with E-state index in [2.05, 4.69) is 16.8 Å². The van der Waals surface area contributed by atoms with Gasteiger partial charge in [0, 0.05) is 49.8 Å². The first-order valence-corrected chi connectivity index (χ1v) is 14.9. The van der Waals surface area contributed by atoms with Gasteiger partial charge in [-0.15, -0.1) is 0 Å². The lowest BCUT2D eigenvalue weighted by molar-refractivity contribution is -0.168. The maximum Gasteiger partial charge on any atom is 0.255 e. The largest absolute Gasteiger partial charge is 0.508 e. The summed E-state index contributed by atoms with van der Waals surface area (Å²) in [5.74, 6) is -8.31. The number of carbonyl (C=O) groups excluding carboxylic acids is 3. The number of hydrogen-bond acceptors (Lipinski definition) is 11. The number of nitrogens with zero attached hydrogens (tertiary/aromatic N) is 3. The summed E-state index contributed by atoms with van der Waals surface area (Å²) in [4.78, 5) is 45.6. The van der Waals surface area contributed by atoms with Crippen LogP contribution in [0.1, 0.15) is 16.7 Å². The second-order valence-electron chi connectivity index (χ2n) is 12.8. The Labute approximate surface area is 260 Å². The summed E-state index contributed by atoms with van der Waals surface area (Å²) in [5.41, 5.74) is 3.67. The summed E-state index contributed by atoms with van der Waals surface area (Å²) in [5, 5.41) is 57.6. The SMILES string of the molecule is CN1CCN(Cc2cccc(-c3ccc4c(c3O)C(O)=C3C(=O)[C@]5(O)C(O)=C(C(N)=O)C(=O)C(N(C)C)[C@@H]5[C@@H](O)[C@@H]3C4)c2)CC1. The van der Waals surface area contributed by atoms with Crippen molar-refractivity contribution in [2.45, 2.75) is 30.7 Å². The quantitative estimate of drug-likeness (QED) is 0.254. The number of Topliss-reactive ketones (excluding diaryl/α,β-unsaturated/α-hetero) is 2. The van der Waals surface area contributed by atoms with Gasteiger partial charge in [0.05, 0.1) is 23.6 Å². The number of primary amides is 1. The Bertz CT molecular complexity index is 1670. The summed E-state index contributed by atoms with van der Waals surface area (Å²) in [6.45, 7) is 4.57. The third-order valence-corrected chi connectivity index (χ3v) is 9.92. The number of hydrogen-bond donors (Lipinski definition) is 6. The molecule has 7 N–H and O–H groups in total. The van der Waals surface area contributed by atoms with Gasteiger partial charge in [0.25, 0.3) is 5.91 Å². The zero-order chi connectivity index (χ0) is 32.5. The van der Waals surface area contributed by atoms with Crippen LogP contribution in [-0.2, 0) is 27.3 Å². The van der Waals surface area contributed by atoms with Crippen molar-refractivity contribution >= 4 is 23.2 Å². The number of ketones is 2. The standard InChI is InChI=1S/C33H38N4O8/c1-35(2)25-24-27(39)20-14-18-7-8-19(17-6-4-5-16(13-17)15-37-11-9-36(3)10-12-37)26(38)21(18)28(40)22(20)30(42)33(24,45)31(43)23(29(25)41)32(34)44/h4-8,13,20,24-25,27,38-40,43,45H,9-12,14-15H2,1-3H3,(H2,34,44)/t20-,24-,25?,27+,33+/m1/s1. The van der Waals surface area contributed by atoms with E-state index in [1.807, 2.05) is 24.3 Å². The predicted octanol–water partition coefficient (Wildman–Crippen LogP) is 0.349. The maximum atomic E-state index is 14.1. The highest BCUT2D eigenvalue weighted by Crippen LogP contribution is 2.53. The molecule has 238 valence electrons. The fraction of sp³-hybridized carbons (Fsp3) is 0.424. The third-order valence-electron chi connectivity index (χ3n) is 9.92. The van der Waals surface area contributed by atoms with Crippen molar-refractivity contribution in [3.8, 4) is 16.9 Å². The molecule has 0 spiro atoms. The predicted molar refractivity (Wildman–Crippen MR) is 164 cm³/mol. The van der Waals surface area contributed by atoms with Gasteiger partial charge in [-0.2, -0.15) is 0 Å². The summed E-state index contributed by atoms with van der Waals surface area (Å²) in [6, 6.07) is 9.75. The fourth-order valence-corrected chi connectivity index (χ4v) is 7.57. The van der Waals surface area contributed by atoms with Crippen molar-refractivity contribution in [1.82, 2.24) is 14.7 Å². The van der Waals surface area contributed by atoms with Crippen LogP contribution < -0.4 is 5.73 Å². The number of aromatic hydroxyl groups is 1. The maximum absolute atomic E-state index is 14.1. The molecule has 2 fully saturated rings. The Balaban J connectivity index is 1.43. The van der Waals surface area contributed by atoms with E-state index in [-0.39, 0.29) is 17.7 Å². The number of piperazine rings is 1. The molecular weight excluding hydrogens is 580 g/mol. The van der Waals surface area contributed by atoms with Crippen LogP contribution in [0, 0.1) is 11.8 Å². The van der Waals surface area contributed by atoms with Crippen molar-refractivity contribution in [1.29, 1.82) is 0 Å². The molecule has 1 aliphatic heterocycles. The lowest BCUT2D eigenvalue weighted by atomic mass is 9.56. The number of fused-ring (bicyclic) bond motifs is 3. The van der Waals surface area contributed by atoms with Crippen molar-refractivity contribution < 1.29 is 39.9 Å². The lowest BCUT2D eigenvalue weighted by Crippen LogP contribution is -2.70. The molecule has 2 aromatic rings. The second kappa shape index (κ2) is 11.1. The van der Waals surface area contributed by atoms with Crippen LogP contribution in [0.5, 0.6) is 5.75 Å². The minimum atomic E-state index is -2.94. The highest BCUT2D eigenvalue weighted by atomic mass is 16.4. The second-order valence-corrected chi connectivity index (χ2v) is 12.8. The van der Waals surface area contributed by atoms with E-state index in [4.69, 9.17) is 5.73 Å². The Kier molecular flexibility index (Phi) is 7.61. The molecule has 12 heteroatoms. The Morgan fingerprint density at radius 2 is 1.76 bits per heavy atom. The molecule has 12 nitrogen and oxygen atoms in total. The van der Waals surface area contributed by atoms with Crippen LogP contribution >= 0.6 is 0 Å². The fourth-order valence-electron chi connectivity index (χ4n) is 7.57. The first-order chi connectivity index (χ1) is 21.3. The van der Waals surface area contributed by atoms with Crippen LogP contribution in [0.15, 0.2) is 53.3 Å². The van der Waals surface area contributed by atoms with Crippen LogP contribution in [-0.4, -0.2) is 123 Å². The molecular formula is C33H38N4O8. The zero-order valence-corrected chi connectivity index (χ0v) is 25.4. The Morgan fingerprint density at radius 3 is 2.40 bits per heavy atom. The van der Waals surface area contributed by atoms with Crippen molar-refractivity contribution in [3.63, 3.8) is 0 Å². The molecule has 2 aromatic carbocycles. The van der Waals surface area contributed by atoms with Crippen molar-refractivity contribution in [2.75, 3.05) is 47.3 Å². The number of aliphatic hydroxyl groups is 4. The molecule has 5 atom stereocenters. The van der Waals surface area contributed by atoms with E-state index in [9.17, 15) is 39.9 Å². The number of rotatable bonds is 5. The molecule has 4 aliphatic rings. The molecule has 0 radical (unpaired) electrons. The van der Waals surface area contributed by atoms with Gasteiger partial charge in [0.2, 0.25) is 5.78 Å². The van der Waals surface area contributed by atoms with Gasteiger partial charge >= 0.3 is 0 Å². The number of amides is 1. The van der Waals surface area contributed by atoms with Crippen molar-refractivity contribution in [3.05, 3.63) is 70.0 Å². The molecule has 1 amide bonds. The van der Waals surface area contributed by atoms with E-state index in [1.165, 1.54) is 19.0 Å². The molecule has 1 unspecified atom stereocenters. The van der Waals surface area contributed by atoms with Crippen LogP contribution in [0.4, 0.5) is 0 Å². The number of benzene rings is 2. The van der Waals surface area contributed by atoms with Crippen molar-refractivity contribution in [2.24, 2.45) is 17.6 Å². The first kappa shape index (κ1) is 30.9. The number of phenolic OH excluding ortho intramolecular Hbond substituents is 1. The van der Waals surface area contributed by atoms with E-state index in [0.29, 0.717) is 16.7 Å². The average Bonchev–Trinajstić information content (AvgIpc) is 2.98.